The van der Waals surface area contributed by atoms with Gasteiger partial charge in [-0.1, -0.05) is 73.3 Å². The highest BCUT2D eigenvalue weighted by Crippen LogP contribution is 2.13. The van der Waals surface area contributed by atoms with Crippen LogP contribution in [0.1, 0.15) is 30.4 Å². The fourth-order valence-electron chi connectivity index (χ4n) is 2.46. The number of rotatable bonds is 5. The van der Waals surface area contributed by atoms with Gasteiger partial charge < -0.3 is 14.6 Å². The fourth-order valence-corrected chi connectivity index (χ4v) is 2.46. The zero-order valence-corrected chi connectivity index (χ0v) is 15.9. The minimum Gasteiger partial charge on any atom is -0.508 e. The number of phenols is 1. The molecule has 1 unspecified atom stereocenters. The monoisotopic (exact) mass is 378 g/mol. The molecule has 4 nitrogen and oxygen atoms in total. The smallest absolute Gasteiger partial charge is 0.332 e. The van der Waals surface area contributed by atoms with E-state index in [0.717, 1.165) is 30.9 Å². The molecule has 1 atom stereocenters. The summed E-state index contributed by atoms with van der Waals surface area (Å²) in [4.78, 5) is 10.7. The SMILES string of the molecule is C=CC(=O)OC1CCCCO1.Oc1ccc(C=CC=Cc2ccccc2)cc1. The number of esters is 1. The van der Waals surface area contributed by atoms with Gasteiger partial charge in [0, 0.05) is 12.5 Å². The van der Waals surface area contributed by atoms with Crippen molar-refractivity contribution in [3.8, 4) is 5.75 Å². The second-order valence-electron chi connectivity index (χ2n) is 6.16. The first-order chi connectivity index (χ1) is 13.7. The van der Waals surface area contributed by atoms with E-state index < -0.39 is 5.97 Å². The Morgan fingerprint density at radius 1 is 1.00 bits per heavy atom. The Morgan fingerprint density at radius 3 is 2.21 bits per heavy atom. The lowest BCUT2D eigenvalue weighted by Gasteiger charge is -2.21. The molecule has 0 spiro atoms. The lowest BCUT2D eigenvalue weighted by molar-refractivity contribution is -0.181. The summed E-state index contributed by atoms with van der Waals surface area (Å²) in [5.41, 5.74) is 2.25. The first-order valence-electron chi connectivity index (χ1n) is 9.31. The molecule has 2 aromatic carbocycles. The second kappa shape index (κ2) is 12.3. The van der Waals surface area contributed by atoms with Crippen LogP contribution in [-0.4, -0.2) is 24.0 Å². The molecule has 0 aliphatic carbocycles. The van der Waals surface area contributed by atoms with Crippen LogP contribution >= 0.6 is 0 Å². The van der Waals surface area contributed by atoms with E-state index in [9.17, 15) is 4.79 Å². The van der Waals surface area contributed by atoms with Crippen LogP contribution in [0.5, 0.6) is 5.75 Å². The summed E-state index contributed by atoms with van der Waals surface area (Å²) in [5, 5.41) is 9.14. The molecule has 3 rings (SSSR count). The van der Waals surface area contributed by atoms with Crippen molar-refractivity contribution in [2.24, 2.45) is 0 Å². The van der Waals surface area contributed by atoms with E-state index in [1.807, 2.05) is 48.6 Å². The summed E-state index contributed by atoms with van der Waals surface area (Å²) in [6, 6.07) is 17.3. The Labute approximate surface area is 166 Å². The zero-order valence-electron chi connectivity index (χ0n) is 15.9. The third-order valence-electron chi connectivity index (χ3n) is 3.93. The topological polar surface area (TPSA) is 55.8 Å². The fraction of sp³-hybridized carbons (Fsp3) is 0.208. The highest BCUT2D eigenvalue weighted by atomic mass is 16.7. The van der Waals surface area contributed by atoms with Gasteiger partial charge in [-0.15, -0.1) is 0 Å². The highest BCUT2D eigenvalue weighted by molar-refractivity contribution is 5.81. The Morgan fingerprint density at radius 2 is 1.64 bits per heavy atom. The molecule has 1 fully saturated rings. The van der Waals surface area contributed by atoms with Crippen molar-refractivity contribution in [3.63, 3.8) is 0 Å². The van der Waals surface area contributed by atoms with Crippen molar-refractivity contribution in [3.05, 3.63) is 90.5 Å². The Hall–Kier alpha value is -3.11. The molecule has 1 aliphatic rings. The van der Waals surface area contributed by atoms with Crippen LogP contribution in [0.4, 0.5) is 0 Å². The third kappa shape index (κ3) is 8.52. The third-order valence-corrected chi connectivity index (χ3v) is 3.93. The Bertz CT molecular complexity index is 770. The molecule has 28 heavy (non-hydrogen) atoms. The number of hydrogen-bond donors (Lipinski definition) is 1. The number of hydrogen-bond acceptors (Lipinski definition) is 4. The van der Waals surface area contributed by atoms with Gasteiger partial charge in [0.1, 0.15) is 5.75 Å². The van der Waals surface area contributed by atoms with Crippen molar-refractivity contribution >= 4 is 18.1 Å². The standard InChI is InChI=1S/C16H14O.C8H12O3/c17-16-12-10-15(11-13-16)9-5-4-8-14-6-2-1-3-7-14;1-2-7(9)11-8-5-3-4-6-10-8/h1-13,17H;2,8H,1,3-6H2. The minimum atomic E-state index is -0.406. The average molecular weight is 378 g/mol. The van der Waals surface area contributed by atoms with Gasteiger partial charge in [-0.25, -0.2) is 4.79 Å². The molecular formula is C24H26O4. The van der Waals surface area contributed by atoms with Crippen molar-refractivity contribution in [1.29, 1.82) is 0 Å². The summed E-state index contributed by atoms with van der Waals surface area (Å²) in [6.45, 7) is 3.99. The van der Waals surface area contributed by atoms with E-state index in [4.69, 9.17) is 14.6 Å². The molecule has 2 aromatic rings. The van der Waals surface area contributed by atoms with Gasteiger partial charge >= 0.3 is 5.97 Å². The lowest BCUT2D eigenvalue weighted by Crippen LogP contribution is -2.24. The highest BCUT2D eigenvalue weighted by Gasteiger charge is 2.16. The van der Waals surface area contributed by atoms with Crippen LogP contribution in [-0.2, 0) is 14.3 Å². The first-order valence-corrected chi connectivity index (χ1v) is 9.31. The summed E-state index contributed by atoms with van der Waals surface area (Å²) in [6.07, 6.45) is 11.8. The molecule has 4 heteroatoms. The predicted molar refractivity (Wildman–Crippen MR) is 112 cm³/mol. The summed E-state index contributed by atoms with van der Waals surface area (Å²) in [7, 11) is 0. The van der Waals surface area contributed by atoms with Crippen molar-refractivity contribution < 1.29 is 19.4 Å². The largest absolute Gasteiger partial charge is 0.508 e. The van der Waals surface area contributed by atoms with E-state index in [1.54, 1.807) is 12.1 Å². The van der Waals surface area contributed by atoms with Gasteiger partial charge in [0.05, 0.1) is 6.61 Å². The second-order valence-corrected chi connectivity index (χ2v) is 6.16. The van der Waals surface area contributed by atoms with Crippen LogP contribution < -0.4 is 0 Å². The normalized spacial score (nSPS) is 16.4. The number of aromatic hydroxyl groups is 1. The molecule has 0 bridgehead atoms. The molecule has 0 saturated carbocycles. The van der Waals surface area contributed by atoms with E-state index in [1.165, 1.54) is 5.56 Å². The van der Waals surface area contributed by atoms with Crippen LogP contribution in [0, 0.1) is 0 Å². The van der Waals surface area contributed by atoms with Gasteiger partial charge in [-0.2, -0.15) is 0 Å². The molecule has 1 saturated heterocycles. The number of carbonyl (C=O) groups excluding carboxylic acids is 1. The first kappa shape index (κ1) is 21.2. The molecule has 0 amide bonds. The minimum absolute atomic E-state index is 0.293. The Balaban J connectivity index is 0.000000221. The van der Waals surface area contributed by atoms with Gasteiger partial charge in [0.2, 0.25) is 6.29 Å². The summed E-state index contributed by atoms with van der Waals surface area (Å²) < 4.78 is 10.0. The molecule has 146 valence electrons. The van der Waals surface area contributed by atoms with Crippen molar-refractivity contribution in [2.45, 2.75) is 25.6 Å². The quantitative estimate of drug-likeness (QED) is 0.432. The number of carbonyl (C=O) groups is 1. The van der Waals surface area contributed by atoms with Gasteiger partial charge in [0.25, 0.3) is 0 Å². The summed E-state index contributed by atoms with van der Waals surface area (Å²) in [5.74, 6) is -0.112. The van der Waals surface area contributed by atoms with Crippen molar-refractivity contribution in [2.75, 3.05) is 6.61 Å². The van der Waals surface area contributed by atoms with Gasteiger partial charge in [0.15, 0.2) is 0 Å². The predicted octanol–water partition coefficient (Wildman–Crippen LogP) is 5.36. The molecule has 1 aliphatic heterocycles. The average Bonchev–Trinajstić information content (AvgIpc) is 2.74. The summed E-state index contributed by atoms with van der Waals surface area (Å²) >= 11 is 0. The number of allylic oxidation sites excluding steroid dienone is 2. The molecule has 1 N–H and O–H groups in total. The number of ether oxygens (including phenoxy) is 2. The van der Waals surface area contributed by atoms with Crippen LogP contribution in [0.3, 0.4) is 0 Å². The molecule has 0 radical (unpaired) electrons. The lowest BCUT2D eigenvalue weighted by atomic mass is 10.2. The van der Waals surface area contributed by atoms with Crippen LogP contribution in [0.25, 0.3) is 12.2 Å². The van der Waals surface area contributed by atoms with E-state index in [2.05, 4.69) is 24.8 Å². The number of phenolic OH excluding ortho intramolecular Hbond substituents is 1. The van der Waals surface area contributed by atoms with E-state index in [-0.39, 0.29) is 6.29 Å². The number of benzene rings is 2. The molecule has 0 aromatic heterocycles. The van der Waals surface area contributed by atoms with Crippen molar-refractivity contribution in [1.82, 2.24) is 0 Å². The van der Waals surface area contributed by atoms with Gasteiger partial charge in [-0.3, -0.25) is 0 Å². The maximum absolute atomic E-state index is 10.7. The maximum atomic E-state index is 10.7. The maximum Gasteiger partial charge on any atom is 0.332 e. The Kier molecular flexibility index (Phi) is 9.32. The van der Waals surface area contributed by atoms with Gasteiger partial charge in [-0.05, 0) is 36.1 Å². The van der Waals surface area contributed by atoms with Crippen LogP contribution in [0.2, 0.25) is 0 Å². The van der Waals surface area contributed by atoms with E-state index >= 15 is 0 Å². The molecular weight excluding hydrogens is 352 g/mol. The molecule has 1 heterocycles. The van der Waals surface area contributed by atoms with E-state index in [0.29, 0.717) is 12.4 Å². The van der Waals surface area contributed by atoms with Crippen LogP contribution in [0.15, 0.2) is 79.4 Å². The zero-order chi connectivity index (χ0) is 20.0.